The minimum Gasteiger partial charge on any atom is -0.165 e. The van der Waals surface area contributed by atoms with Crippen LogP contribution in [0.25, 0.3) is 10.8 Å². The zero-order valence-electron chi connectivity index (χ0n) is 12.6. The van der Waals surface area contributed by atoms with Crippen molar-refractivity contribution in [2.24, 2.45) is 0 Å². The first kappa shape index (κ1) is 17.9. The number of hydrogen-bond acceptors (Lipinski definition) is 0. The first-order valence-corrected chi connectivity index (χ1v) is 10.5. The second kappa shape index (κ2) is 7.50. The Morgan fingerprint density at radius 1 is 1.11 bits per heavy atom. The summed E-state index contributed by atoms with van der Waals surface area (Å²) in [7, 11) is -0.611. The Morgan fingerprint density at radius 3 is 2.17 bits per heavy atom. The summed E-state index contributed by atoms with van der Waals surface area (Å²) in [5.74, 6) is 0. The van der Waals surface area contributed by atoms with E-state index in [1.54, 1.807) is 0 Å². The van der Waals surface area contributed by atoms with Crippen LogP contribution in [0.1, 0.15) is 18.1 Å². The maximum atomic E-state index is 2.33. The third-order valence-electron chi connectivity index (χ3n) is 2.37. The molecule has 0 radical (unpaired) electrons. The molecular formula is C16H25SiZr-. The molecule has 0 fully saturated rings. The normalized spacial score (nSPS) is 10.6. The van der Waals surface area contributed by atoms with Gasteiger partial charge in [0.25, 0.3) is 0 Å². The predicted octanol–water partition coefficient (Wildman–Crippen LogP) is 5.38. The molecule has 0 unspecified atom stereocenters. The molecule has 2 rings (SSSR count). The molecule has 2 heteroatoms. The van der Waals surface area contributed by atoms with Gasteiger partial charge in [-0.2, -0.15) is 6.07 Å². The zero-order valence-corrected chi connectivity index (χ0v) is 16.1. The van der Waals surface area contributed by atoms with Crippen molar-refractivity contribution in [3.05, 3.63) is 41.5 Å². The molecule has 0 bridgehead atoms. The Labute approximate surface area is 132 Å². The van der Waals surface area contributed by atoms with Crippen LogP contribution in [0, 0.1) is 6.92 Å². The van der Waals surface area contributed by atoms with Crippen molar-refractivity contribution in [1.29, 1.82) is 0 Å². The monoisotopic (exact) mass is 335 g/mol. The van der Waals surface area contributed by atoms with Crippen molar-refractivity contribution in [2.45, 2.75) is 46.5 Å². The molecule has 0 saturated heterocycles. The minimum atomic E-state index is -0.611. The van der Waals surface area contributed by atoms with Gasteiger partial charge in [0.1, 0.15) is 0 Å². The van der Waals surface area contributed by atoms with E-state index in [9.17, 15) is 0 Å². The van der Waals surface area contributed by atoms with Gasteiger partial charge in [-0.1, -0.05) is 51.7 Å². The van der Waals surface area contributed by atoms with Gasteiger partial charge in [0.2, 0.25) is 0 Å². The number of rotatable bonds is 1. The van der Waals surface area contributed by atoms with Gasteiger partial charge in [0.05, 0.1) is 0 Å². The molecule has 2 aromatic carbocycles. The molecule has 0 aromatic heterocycles. The fourth-order valence-electron chi connectivity index (χ4n) is 1.76. The van der Waals surface area contributed by atoms with Gasteiger partial charge < -0.3 is 0 Å². The van der Waals surface area contributed by atoms with Crippen LogP contribution in [0.15, 0.2) is 30.3 Å². The van der Waals surface area contributed by atoms with Gasteiger partial charge in [-0.25, -0.2) is 0 Å². The van der Waals surface area contributed by atoms with Crippen molar-refractivity contribution >= 4 is 18.8 Å². The van der Waals surface area contributed by atoms with Crippen LogP contribution in [-0.4, -0.2) is 8.07 Å². The molecule has 98 valence electrons. The molecule has 0 amide bonds. The van der Waals surface area contributed by atoms with E-state index in [-0.39, 0.29) is 26.2 Å². The van der Waals surface area contributed by atoms with Gasteiger partial charge in [0.15, 0.2) is 0 Å². The van der Waals surface area contributed by atoms with Crippen molar-refractivity contribution < 1.29 is 26.2 Å². The van der Waals surface area contributed by atoms with Crippen LogP contribution in [0.4, 0.5) is 0 Å². The molecule has 0 spiro atoms. The van der Waals surface area contributed by atoms with Gasteiger partial charge in [0, 0.05) is 34.3 Å². The van der Waals surface area contributed by atoms with Gasteiger partial charge in [-0.05, 0) is 6.42 Å². The molecular weight excluding hydrogens is 311 g/mol. The van der Waals surface area contributed by atoms with Crippen LogP contribution in [0.3, 0.4) is 0 Å². The number of hydrogen-bond donors (Lipinski definition) is 0. The smallest absolute Gasteiger partial charge is 0.0411 e. The Hall–Kier alpha value is -0.0700. The first-order valence-electron chi connectivity index (χ1n) is 6.46. The van der Waals surface area contributed by atoms with Crippen LogP contribution in [0.2, 0.25) is 26.2 Å². The van der Waals surface area contributed by atoms with Crippen molar-refractivity contribution in [3.63, 3.8) is 0 Å². The molecule has 2 aromatic rings. The van der Waals surface area contributed by atoms with E-state index in [1.807, 2.05) is 0 Å². The largest absolute Gasteiger partial charge is 0.165 e. The Morgan fingerprint density at radius 2 is 1.67 bits per heavy atom. The molecule has 0 atom stereocenters. The molecule has 0 aliphatic rings. The van der Waals surface area contributed by atoms with Gasteiger partial charge in [-0.15, -0.1) is 34.5 Å². The minimum absolute atomic E-state index is 0. The summed E-state index contributed by atoms with van der Waals surface area (Å²) in [4.78, 5) is 0. The maximum absolute atomic E-state index is 2.33. The Kier molecular flexibility index (Phi) is 7.47. The van der Waals surface area contributed by atoms with E-state index < -0.39 is 8.07 Å². The van der Waals surface area contributed by atoms with E-state index in [1.165, 1.54) is 21.9 Å². The Balaban J connectivity index is 0.000000421. The van der Waals surface area contributed by atoms with Crippen LogP contribution < -0.4 is 0 Å². The third kappa shape index (κ3) is 6.20. The average Bonchev–Trinajstić information content (AvgIpc) is 2.54. The summed E-state index contributed by atoms with van der Waals surface area (Å²) in [6.45, 7) is 13.7. The fourth-order valence-corrected chi connectivity index (χ4v) is 1.76. The SMILES string of the molecule is CCc1cccc2[cH-]c(C)cc12.C[Si](C)(C)C.[Zr]. The molecule has 0 N–H and O–H groups in total. The summed E-state index contributed by atoms with van der Waals surface area (Å²) >= 11 is 0. The fraction of sp³-hybridized carbons (Fsp3) is 0.438. The second-order valence-electron chi connectivity index (χ2n) is 6.31. The number of aryl methyl sites for hydroxylation is 2. The van der Waals surface area contributed by atoms with Crippen molar-refractivity contribution in [1.82, 2.24) is 0 Å². The average molecular weight is 337 g/mol. The van der Waals surface area contributed by atoms with E-state index in [0.29, 0.717) is 0 Å². The summed E-state index contributed by atoms with van der Waals surface area (Å²) < 4.78 is 0. The van der Waals surface area contributed by atoms with E-state index in [2.05, 4.69) is 70.4 Å². The second-order valence-corrected chi connectivity index (χ2v) is 12.3. The summed E-state index contributed by atoms with van der Waals surface area (Å²) in [5.41, 5.74) is 2.83. The molecule has 0 aliphatic heterocycles. The van der Waals surface area contributed by atoms with Crippen molar-refractivity contribution in [2.75, 3.05) is 0 Å². The standard InChI is InChI=1S/C12H13.C4H12Si.Zr/c1-3-10-5-4-6-11-7-9(2)8-12(10)11;1-5(2,3)4;/h4-8H,3H2,1-2H3;1-4H3;/q-1;;. The first-order chi connectivity index (χ1) is 7.81. The van der Waals surface area contributed by atoms with Gasteiger partial charge >= 0.3 is 0 Å². The van der Waals surface area contributed by atoms with E-state index >= 15 is 0 Å². The maximum Gasteiger partial charge on any atom is 0.0411 e. The zero-order chi connectivity index (χ0) is 13.1. The van der Waals surface area contributed by atoms with E-state index in [0.717, 1.165) is 6.42 Å². The van der Waals surface area contributed by atoms with Crippen molar-refractivity contribution in [3.8, 4) is 0 Å². The molecule has 0 aliphatic carbocycles. The predicted molar refractivity (Wildman–Crippen MR) is 82.9 cm³/mol. The topological polar surface area (TPSA) is 0 Å². The molecule has 0 saturated carbocycles. The van der Waals surface area contributed by atoms with Crippen LogP contribution in [-0.2, 0) is 32.6 Å². The summed E-state index contributed by atoms with van der Waals surface area (Å²) in [5, 5.41) is 2.81. The quantitative estimate of drug-likeness (QED) is 0.484. The van der Waals surface area contributed by atoms with Crippen LogP contribution >= 0.6 is 0 Å². The molecule has 0 nitrogen and oxygen atoms in total. The molecule has 0 heterocycles. The third-order valence-corrected chi connectivity index (χ3v) is 2.37. The summed E-state index contributed by atoms with van der Waals surface area (Å²) in [6.07, 6.45) is 1.13. The summed E-state index contributed by atoms with van der Waals surface area (Å²) in [6, 6.07) is 11.0. The van der Waals surface area contributed by atoms with Crippen LogP contribution in [0.5, 0.6) is 0 Å². The van der Waals surface area contributed by atoms with Gasteiger partial charge in [-0.3, -0.25) is 0 Å². The Bertz CT molecular complexity index is 471. The van der Waals surface area contributed by atoms with E-state index in [4.69, 9.17) is 0 Å². The number of fused-ring (bicyclic) bond motifs is 1. The molecule has 18 heavy (non-hydrogen) atoms. The number of benzene rings is 1.